The first-order chi connectivity index (χ1) is 16.3. The highest BCUT2D eigenvalue weighted by Gasteiger charge is 2.45. The zero-order valence-electron chi connectivity index (χ0n) is 20.2. The lowest BCUT2D eigenvalue weighted by Gasteiger charge is -2.44. The van der Waals surface area contributed by atoms with Gasteiger partial charge in [0.25, 0.3) is 0 Å². The first-order valence-corrected chi connectivity index (χ1v) is 12.3. The van der Waals surface area contributed by atoms with Crippen LogP contribution in [-0.4, -0.2) is 47.7 Å². The van der Waals surface area contributed by atoms with Crippen LogP contribution in [0, 0.1) is 19.8 Å². The third-order valence-electron chi connectivity index (χ3n) is 7.68. The quantitative estimate of drug-likeness (QED) is 0.687. The van der Waals surface area contributed by atoms with Gasteiger partial charge in [0.2, 0.25) is 11.8 Å². The van der Waals surface area contributed by atoms with Crippen molar-refractivity contribution in [1.82, 2.24) is 4.90 Å². The maximum atomic E-state index is 13.4. The minimum absolute atomic E-state index is 0.0175. The van der Waals surface area contributed by atoms with Crippen LogP contribution in [0.1, 0.15) is 59.7 Å². The highest BCUT2D eigenvalue weighted by Crippen LogP contribution is 2.40. The van der Waals surface area contributed by atoms with E-state index >= 15 is 0 Å². The molecule has 1 unspecified atom stereocenters. The Morgan fingerprint density at radius 2 is 1.88 bits per heavy atom. The average molecular weight is 461 g/mol. The number of para-hydroxylation sites is 1. The van der Waals surface area contributed by atoms with Gasteiger partial charge < -0.3 is 14.5 Å². The van der Waals surface area contributed by atoms with E-state index in [-0.39, 0.29) is 29.9 Å². The maximum Gasteiger partial charge on any atom is 0.228 e. The molecule has 5 rings (SSSR count). The Balaban J connectivity index is 1.26. The average Bonchev–Trinajstić information content (AvgIpc) is 3.20. The van der Waals surface area contributed by atoms with Crippen LogP contribution in [0.5, 0.6) is 5.75 Å². The molecule has 3 aliphatic rings. The minimum atomic E-state index is -0.537. The van der Waals surface area contributed by atoms with E-state index in [4.69, 9.17) is 4.74 Å². The zero-order chi connectivity index (χ0) is 24.0. The summed E-state index contributed by atoms with van der Waals surface area (Å²) in [7, 11) is 0. The molecular formula is C28H32N2O4. The summed E-state index contributed by atoms with van der Waals surface area (Å²) in [6, 6.07) is 11.8. The molecule has 3 heterocycles. The summed E-state index contributed by atoms with van der Waals surface area (Å²) in [4.78, 5) is 42.8. The van der Waals surface area contributed by atoms with E-state index in [9.17, 15) is 14.4 Å². The Hall–Kier alpha value is -3.15. The Kier molecular flexibility index (Phi) is 5.70. The summed E-state index contributed by atoms with van der Waals surface area (Å²) in [5.41, 5.74) is 4.34. The van der Waals surface area contributed by atoms with Crippen LogP contribution in [0.2, 0.25) is 0 Å². The van der Waals surface area contributed by atoms with Gasteiger partial charge in [-0.3, -0.25) is 14.4 Å². The van der Waals surface area contributed by atoms with Crippen LogP contribution in [-0.2, 0) is 16.0 Å². The number of piperidine rings is 1. The summed E-state index contributed by atoms with van der Waals surface area (Å²) in [5, 5.41) is 0. The van der Waals surface area contributed by atoms with Crippen molar-refractivity contribution < 1.29 is 19.1 Å². The summed E-state index contributed by atoms with van der Waals surface area (Å²) < 4.78 is 6.35. The lowest BCUT2D eigenvalue weighted by atomic mass is 9.82. The standard InChI is InChI=1S/C28H32N2O4/c1-4-20-7-5-6-19(3)26(20)30-17-21(15-25(30)32)27(33)29-12-10-28(11-13-29)16-23(31)22-14-18(2)8-9-24(22)34-28/h5-9,14,21H,4,10-13,15-17H2,1-3H3. The van der Waals surface area contributed by atoms with Crippen molar-refractivity contribution in [2.24, 2.45) is 5.92 Å². The molecule has 6 heteroatoms. The topological polar surface area (TPSA) is 66.9 Å². The highest BCUT2D eigenvalue weighted by molar-refractivity contribution is 6.02. The van der Waals surface area contributed by atoms with Crippen LogP contribution < -0.4 is 9.64 Å². The van der Waals surface area contributed by atoms with Crippen molar-refractivity contribution in [3.63, 3.8) is 0 Å². The monoisotopic (exact) mass is 460 g/mol. The van der Waals surface area contributed by atoms with Crippen molar-refractivity contribution in [1.29, 1.82) is 0 Å². The number of benzene rings is 2. The summed E-state index contributed by atoms with van der Waals surface area (Å²) in [5.74, 6) is 0.498. The van der Waals surface area contributed by atoms with Crippen LogP contribution in [0.15, 0.2) is 36.4 Å². The molecule has 1 atom stereocenters. The van der Waals surface area contributed by atoms with Gasteiger partial charge in [0.05, 0.1) is 17.9 Å². The highest BCUT2D eigenvalue weighted by atomic mass is 16.5. The van der Waals surface area contributed by atoms with Crippen molar-refractivity contribution in [3.8, 4) is 5.75 Å². The van der Waals surface area contributed by atoms with E-state index < -0.39 is 5.60 Å². The zero-order valence-corrected chi connectivity index (χ0v) is 20.2. The maximum absolute atomic E-state index is 13.4. The van der Waals surface area contributed by atoms with Gasteiger partial charge in [-0.2, -0.15) is 0 Å². The molecule has 0 saturated carbocycles. The Bertz CT molecular complexity index is 1160. The number of aryl methyl sites for hydroxylation is 3. The molecule has 2 aromatic carbocycles. The van der Waals surface area contributed by atoms with Gasteiger partial charge in [0.15, 0.2) is 5.78 Å². The molecule has 6 nitrogen and oxygen atoms in total. The van der Waals surface area contributed by atoms with Gasteiger partial charge in [-0.15, -0.1) is 0 Å². The molecule has 178 valence electrons. The number of fused-ring (bicyclic) bond motifs is 1. The SMILES string of the molecule is CCc1cccc(C)c1N1CC(C(=O)N2CCC3(CC2)CC(=O)c2cc(C)ccc2O3)CC1=O. The fourth-order valence-corrected chi connectivity index (χ4v) is 5.76. The molecule has 2 aromatic rings. The normalized spacial score (nSPS) is 21.6. The Morgan fingerprint density at radius 1 is 1.12 bits per heavy atom. The first kappa shape index (κ1) is 22.6. The van der Waals surface area contributed by atoms with E-state index in [2.05, 4.69) is 13.0 Å². The predicted molar refractivity (Wildman–Crippen MR) is 130 cm³/mol. The molecule has 0 radical (unpaired) electrons. The Labute approximate surface area is 200 Å². The molecule has 0 N–H and O–H groups in total. The lowest BCUT2D eigenvalue weighted by molar-refractivity contribution is -0.139. The third kappa shape index (κ3) is 3.89. The van der Waals surface area contributed by atoms with E-state index in [1.54, 1.807) is 0 Å². The number of ketones is 1. The fourth-order valence-electron chi connectivity index (χ4n) is 5.76. The number of Topliss-reactive ketones (excluding diaryl/α,β-unsaturated/α-hetero) is 1. The number of amides is 2. The van der Waals surface area contributed by atoms with E-state index in [0.717, 1.165) is 28.8 Å². The fraction of sp³-hybridized carbons (Fsp3) is 0.464. The van der Waals surface area contributed by atoms with E-state index in [1.807, 2.05) is 54.0 Å². The molecule has 3 aliphatic heterocycles. The molecule has 1 spiro atoms. The predicted octanol–water partition coefficient (Wildman–Crippen LogP) is 4.25. The minimum Gasteiger partial charge on any atom is -0.486 e. The number of carbonyl (C=O) groups is 3. The van der Waals surface area contributed by atoms with Crippen LogP contribution in [0.4, 0.5) is 5.69 Å². The molecule has 34 heavy (non-hydrogen) atoms. The second-order valence-electron chi connectivity index (χ2n) is 10.1. The lowest BCUT2D eigenvalue weighted by Crippen LogP contribution is -2.53. The van der Waals surface area contributed by atoms with E-state index in [0.29, 0.717) is 50.2 Å². The number of likely N-dealkylation sites (tertiary alicyclic amines) is 1. The molecule has 0 aliphatic carbocycles. The summed E-state index contributed by atoms with van der Waals surface area (Å²) >= 11 is 0. The summed E-state index contributed by atoms with van der Waals surface area (Å²) in [6.07, 6.45) is 2.70. The van der Waals surface area contributed by atoms with Gasteiger partial charge >= 0.3 is 0 Å². The largest absolute Gasteiger partial charge is 0.486 e. The van der Waals surface area contributed by atoms with Crippen molar-refractivity contribution in [2.45, 2.75) is 58.5 Å². The van der Waals surface area contributed by atoms with Crippen molar-refractivity contribution in [2.75, 3.05) is 24.5 Å². The third-order valence-corrected chi connectivity index (χ3v) is 7.68. The second kappa shape index (κ2) is 8.57. The number of anilines is 1. The van der Waals surface area contributed by atoms with E-state index in [1.165, 1.54) is 0 Å². The molecular weight excluding hydrogens is 428 g/mol. The molecule has 2 fully saturated rings. The van der Waals surface area contributed by atoms with Crippen LogP contribution in [0.25, 0.3) is 0 Å². The molecule has 0 bridgehead atoms. The number of rotatable bonds is 3. The number of carbonyl (C=O) groups excluding carboxylic acids is 3. The Morgan fingerprint density at radius 3 is 2.62 bits per heavy atom. The van der Waals surface area contributed by atoms with Crippen molar-refractivity contribution in [3.05, 3.63) is 58.7 Å². The smallest absolute Gasteiger partial charge is 0.228 e. The van der Waals surface area contributed by atoms with Gasteiger partial charge in [-0.1, -0.05) is 36.8 Å². The van der Waals surface area contributed by atoms with Gasteiger partial charge in [0.1, 0.15) is 11.4 Å². The molecule has 2 saturated heterocycles. The first-order valence-electron chi connectivity index (χ1n) is 12.3. The number of ether oxygens (including phenoxy) is 1. The van der Waals surface area contributed by atoms with Gasteiger partial charge in [-0.05, 0) is 43.5 Å². The van der Waals surface area contributed by atoms with Crippen LogP contribution >= 0.6 is 0 Å². The second-order valence-corrected chi connectivity index (χ2v) is 10.1. The number of hydrogen-bond acceptors (Lipinski definition) is 4. The molecule has 0 aromatic heterocycles. The van der Waals surface area contributed by atoms with Crippen LogP contribution in [0.3, 0.4) is 0 Å². The van der Waals surface area contributed by atoms with Crippen molar-refractivity contribution >= 4 is 23.3 Å². The summed E-state index contributed by atoms with van der Waals surface area (Å²) in [6.45, 7) is 7.59. The number of hydrogen-bond donors (Lipinski definition) is 0. The molecule has 2 amide bonds. The number of nitrogens with zero attached hydrogens (tertiary/aromatic N) is 2. The van der Waals surface area contributed by atoms with Gasteiger partial charge in [-0.25, -0.2) is 0 Å². The van der Waals surface area contributed by atoms with Gasteiger partial charge in [0, 0.05) is 44.6 Å².